The lowest BCUT2D eigenvalue weighted by Gasteiger charge is -2.21. The van der Waals surface area contributed by atoms with Crippen molar-refractivity contribution in [2.45, 2.75) is 20.4 Å². The molecule has 2 saturated heterocycles. The van der Waals surface area contributed by atoms with Gasteiger partial charge in [-0.3, -0.25) is 4.79 Å². The molecule has 3 heterocycles. The van der Waals surface area contributed by atoms with Gasteiger partial charge in [-0.15, -0.1) is 0 Å². The minimum Gasteiger partial charge on any atom is -0.368 e. The Morgan fingerprint density at radius 1 is 1.40 bits per heavy atom. The summed E-state index contributed by atoms with van der Waals surface area (Å²) in [6.45, 7) is 8.79. The predicted molar refractivity (Wildman–Crippen MR) is 80.4 cm³/mol. The number of halogens is 1. The molecule has 2 fully saturated rings. The molecule has 6 heteroatoms. The first-order valence-corrected chi connectivity index (χ1v) is 7.65. The fraction of sp³-hybridized carbons (Fsp3) is 0.714. The summed E-state index contributed by atoms with van der Waals surface area (Å²) in [4.78, 5) is 14.5. The van der Waals surface area contributed by atoms with Crippen LogP contribution in [0.3, 0.4) is 0 Å². The van der Waals surface area contributed by atoms with Gasteiger partial charge in [-0.1, -0.05) is 25.4 Å². The minimum atomic E-state index is -0.173. The lowest BCUT2D eigenvalue weighted by molar-refractivity contribution is 0.463. The maximum Gasteiger partial charge on any atom is 0.287 e. The van der Waals surface area contributed by atoms with Crippen molar-refractivity contribution < 1.29 is 0 Å². The van der Waals surface area contributed by atoms with E-state index in [2.05, 4.69) is 29.2 Å². The largest absolute Gasteiger partial charge is 0.368 e. The molecule has 0 amide bonds. The summed E-state index contributed by atoms with van der Waals surface area (Å²) in [5.41, 5.74) is 0.624. The zero-order valence-corrected chi connectivity index (χ0v) is 12.7. The number of nitrogens with one attached hydrogen (secondary N) is 1. The molecule has 1 N–H and O–H groups in total. The molecule has 0 unspecified atom stereocenters. The fourth-order valence-electron chi connectivity index (χ4n) is 3.20. The van der Waals surface area contributed by atoms with Crippen molar-refractivity contribution in [1.29, 1.82) is 0 Å². The Morgan fingerprint density at radius 2 is 2.05 bits per heavy atom. The third-order valence-electron chi connectivity index (χ3n) is 4.23. The Morgan fingerprint density at radius 3 is 2.65 bits per heavy atom. The van der Waals surface area contributed by atoms with Gasteiger partial charge in [-0.25, -0.2) is 4.68 Å². The molecule has 0 bridgehead atoms. The second-order valence-electron chi connectivity index (χ2n) is 6.31. The molecule has 110 valence electrons. The van der Waals surface area contributed by atoms with Crippen molar-refractivity contribution in [1.82, 2.24) is 15.1 Å². The Balaban J connectivity index is 1.84. The normalized spacial score (nSPS) is 25.5. The van der Waals surface area contributed by atoms with Gasteiger partial charge in [-0.2, -0.15) is 5.10 Å². The summed E-state index contributed by atoms with van der Waals surface area (Å²) in [7, 11) is 0. The average Bonchev–Trinajstić information content (AvgIpc) is 2.95. The number of anilines is 1. The van der Waals surface area contributed by atoms with Gasteiger partial charge in [0.05, 0.1) is 11.9 Å². The lowest BCUT2D eigenvalue weighted by Crippen LogP contribution is -2.31. The van der Waals surface area contributed by atoms with Crippen molar-refractivity contribution in [3.63, 3.8) is 0 Å². The van der Waals surface area contributed by atoms with E-state index in [0.29, 0.717) is 29.3 Å². The summed E-state index contributed by atoms with van der Waals surface area (Å²) in [6, 6.07) is 0. The monoisotopic (exact) mass is 296 g/mol. The number of rotatable bonds is 3. The van der Waals surface area contributed by atoms with E-state index in [9.17, 15) is 4.79 Å². The van der Waals surface area contributed by atoms with Crippen LogP contribution < -0.4 is 15.8 Å². The highest BCUT2D eigenvalue weighted by Crippen LogP contribution is 2.32. The second kappa shape index (κ2) is 5.37. The van der Waals surface area contributed by atoms with Crippen LogP contribution in [0.5, 0.6) is 0 Å². The average molecular weight is 297 g/mol. The van der Waals surface area contributed by atoms with E-state index >= 15 is 0 Å². The molecule has 2 aliphatic rings. The first kappa shape index (κ1) is 13.9. The summed E-state index contributed by atoms with van der Waals surface area (Å²) < 4.78 is 1.47. The molecule has 20 heavy (non-hydrogen) atoms. The number of fused-ring (bicyclic) bond motifs is 1. The van der Waals surface area contributed by atoms with Crippen LogP contribution in [0.1, 0.15) is 13.8 Å². The van der Waals surface area contributed by atoms with E-state index < -0.39 is 0 Å². The van der Waals surface area contributed by atoms with Crippen molar-refractivity contribution >= 4 is 17.3 Å². The van der Waals surface area contributed by atoms with E-state index in [1.807, 2.05) is 0 Å². The molecule has 1 aromatic rings. The van der Waals surface area contributed by atoms with Crippen molar-refractivity contribution in [2.75, 3.05) is 31.1 Å². The number of hydrogen-bond acceptors (Lipinski definition) is 4. The Hall–Kier alpha value is -1.07. The van der Waals surface area contributed by atoms with E-state index in [-0.39, 0.29) is 5.56 Å². The van der Waals surface area contributed by atoms with Gasteiger partial charge in [0.25, 0.3) is 5.56 Å². The zero-order chi connectivity index (χ0) is 14.3. The van der Waals surface area contributed by atoms with Crippen molar-refractivity contribution in [3.05, 3.63) is 21.6 Å². The Kier molecular flexibility index (Phi) is 3.73. The third-order valence-corrected chi connectivity index (χ3v) is 4.59. The first-order valence-electron chi connectivity index (χ1n) is 7.27. The molecule has 2 atom stereocenters. The van der Waals surface area contributed by atoms with Crippen LogP contribution in [-0.4, -0.2) is 36.0 Å². The topological polar surface area (TPSA) is 50.2 Å². The fourth-order valence-corrected chi connectivity index (χ4v) is 3.47. The Bertz CT molecular complexity index is 545. The van der Waals surface area contributed by atoms with Crippen LogP contribution in [0.4, 0.5) is 5.69 Å². The second-order valence-corrected chi connectivity index (χ2v) is 6.69. The molecular formula is C14H21ClN4O. The highest BCUT2D eigenvalue weighted by atomic mass is 35.5. The van der Waals surface area contributed by atoms with E-state index in [1.165, 1.54) is 4.68 Å². The highest BCUT2D eigenvalue weighted by Gasteiger charge is 2.37. The smallest absolute Gasteiger partial charge is 0.287 e. The maximum atomic E-state index is 12.3. The molecular weight excluding hydrogens is 276 g/mol. The van der Waals surface area contributed by atoms with Gasteiger partial charge in [0, 0.05) is 32.7 Å². The summed E-state index contributed by atoms with van der Waals surface area (Å²) in [6.07, 6.45) is 1.75. The number of hydrogen-bond donors (Lipinski definition) is 1. The maximum absolute atomic E-state index is 12.3. The molecule has 0 radical (unpaired) electrons. The van der Waals surface area contributed by atoms with Crippen molar-refractivity contribution in [2.24, 2.45) is 17.8 Å². The van der Waals surface area contributed by atoms with Crippen LogP contribution in [0.2, 0.25) is 5.02 Å². The van der Waals surface area contributed by atoms with Crippen LogP contribution in [0, 0.1) is 17.8 Å². The molecule has 0 spiro atoms. The summed E-state index contributed by atoms with van der Waals surface area (Å²) in [5.74, 6) is 1.72. The van der Waals surface area contributed by atoms with Gasteiger partial charge in [-0.05, 0) is 17.8 Å². The van der Waals surface area contributed by atoms with E-state index in [0.717, 1.165) is 31.9 Å². The van der Waals surface area contributed by atoms with Gasteiger partial charge >= 0.3 is 0 Å². The van der Waals surface area contributed by atoms with Gasteiger partial charge in [0.15, 0.2) is 0 Å². The molecule has 2 aliphatic heterocycles. The van der Waals surface area contributed by atoms with Gasteiger partial charge < -0.3 is 10.2 Å². The van der Waals surface area contributed by atoms with Crippen LogP contribution in [0.15, 0.2) is 11.0 Å². The van der Waals surface area contributed by atoms with Crippen molar-refractivity contribution in [3.8, 4) is 0 Å². The van der Waals surface area contributed by atoms with E-state index in [4.69, 9.17) is 11.6 Å². The van der Waals surface area contributed by atoms with Crippen LogP contribution in [-0.2, 0) is 6.54 Å². The van der Waals surface area contributed by atoms with Gasteiger partial charge in [0.2, 0.25) is 0 Å². The van der Waals surface area contributed by atoms with E-state index in [1.54, 1.807) is 6.20 Å². The highest BCUT2D eigenvalue weighted by molar-refractivity contribution is 6.33. The number of nitrogens with zero attached hydrogens (tertiary/aromatic N) is 3. The molecule has 3 rings (SSSR count). The molecule has 0 saturated carbocycles. The zero-order valence-electron chi connectivity index (χ0n) is 12.0. The molecule has 0 aromatic carbocycles. The minimum absolute atomic E-state index is 0.173. The number of aromatic nitrogens is 2. The summed E-state index contributed by atoms with van der Waals surface area (Å²) in [5, 5.41) is 8.01. The SMILES string of the molecule is CC(C)Cn1ncc(N2C[C@H]3CNC[C@H]3C2)c(Cl)c1=O. The molecule has 1 aromatic heterocycles. The van der Waals surface area contributed by atoms with Gasteiger partial charge in [0.1, 0.15) is 5.02 Å². The van der Waals surface area contributed by atoms with Crippen LogP contribution in [0.25, 0.3) is 0 Å². The Labute approximate surface area is 123 Å². The lowest BCUT2D eigenvalue weighted by atomic mass is 10.0. The third kappa shape index (κ3) is 2.44. The summed E-state index contributed by atoms with van der Waals surface area (Å²) >= 11 is 6.29. The quantitative estimate of drug-likeness (QED) is 0.911. The molecule has 5 nitrogen and oxygen atoms in total. The van der Waals surface area contributed by atoms with Crippen LogP contribution >= 0.6 is 11.6 Å². The predicted octanol–water partition coefficient (Wildman–Crippen LogP) is 1.21. The standard InChI is InChI=1S/C14H21ClN4O/c1-9(2)6-19-14(20)13(15)12(5-17-19)18-7-10-3-16-4-11(10)8-18/h5,9-11,16H,3-4,6-8H2,1-2H3/t10-,11+. The molecule has 0 aliphatic carbocycles. The first-order chi connectivity index (χ1) is 9.56.